The van der Waals surface area contributed by atoms with Crippen molar-refractivity contribution in [3.8, 4) is 17.3 Å². The van der Waals surface area contributed by atoms with Gasteiger partial charge in [-0.25, -0.2) is 4.39 Å². The number of anilines is 1. The number of carbonyl (C=O) groups excluding carboxylic acids is 1. The van der Waals surface area contributed by atoms with Crippen molar-refractivity contribution in [2.24, 2.45) is 0 Å². The van der Waals surface area contributed by atoms with Gasteiger partial charge in [0.25, 0.3) is 11.5 Å². The molecule has 1 atom stereocenters. The van der Waals surface area contributed by atoms with E-state index in [1.807, 2.05) is 0 Å². The molecule has 0 aliphatic carbocycles. The third kappa shape index (κ3) is 4.96. The zero-order valence-corrected chi connectivity index (χ0v) is 17.0. The number of hydrogen-bond donors (Lipinski definition) is 1. The first-order valence-corrected chi connectivity index (χ1v) is 9.46. The number of nitrogens with one attached hydrogen (secondary N) is 1. The predicted octanol–water partition coefficient (Wildman–Crippen LogP) is 3.83. The van der Waals surface area contributed by atoms with Crippen molar-refractivity contribution in [3.05, 3.63) is 75.8 Å². The molecule has 0 radical (unpaired) electrons. The van der Waals surface area contributed by atoms with Gasteiger partial charge in [0.2, 0.25) is 5.88 Å². The number of aromatic nitrogens is 2. The Balaban J connectivity index is 1.81. The molecule has 2 aromatic carbocycles. The maximum Gasteiger partial charge on any atom is 0.271 e. The lowest BCUT2D eigenvalue weighted by Gasteiger charge is -2.18. The summed E-state index contributed by atoms with van der Waals surface area (Å²) >= 11 is 6.00. The Morgan fingerprint density at radius 2 is 1.93 bits per heavy atom. The van der Waals surface area contributed by atoms with E-state index in [0.29, 0.717) is 28.6 Å². The van der Waals surface area contributed by atoms with Crippen LogP contribution in [0.5, 0.6) is 11.6 Å². The van der Waals surface area contributed by atoms with E-state index in [4.69, 9.17) is 21.1 Å². The van der Waals surface area contributed by atoms with Crippen molar-refractivity contribution in [3.63, 3.8) is 0 Å². The third-order valence-electron chi connectivity index (χ3n) is 4.19. The fraction of sp³-hybridized carbons (Fsp3) is 0.190. The number of nitrogens with zero attached hydrogens (tertiary/aromatic N) is 2. The average Bonchev–Trinajstić information content (AvgIpc) is 2.74. The second-order valence-corrected chi connectivity index (χ2v) is 6.68. The van der Waals surface area contributed by atoms with Crippen LogP contribution in [0.25, 0.3) is 5.69 Å². The van der Waals surface area contributed by atoms with Crippen molar-refractivity contribution in [2.75, 3.05) is 12.4 Å². The molecule has 1 amide bonds. The van der Waals surface area contributed by atoms with Crippen molar-refractivity contribution >= 4 is 23.2 Å². The number of rotatable bonds is 7. The molecule has 30 heavy (non-hydrogen) atoms. The number of hydrogen-bond acceptors (Lipinski definition) is 5. The molecule has 0 saturated carbocycles. The minimum atomic E-state index is -0.889. The maximum atomic E-state index is 13.2. The van der Waals surface area contributed by atoms with E-state index in [0.717, 1.165) is 4.68 Å². The van der Waals surface area contributed by atoms with Crippen LogP contribution in [0.3, 0.4) is 0 Å². The molecule has 7 nitrogen and oxygen atoms in total. The minimum absolute atomic E-state index is 0.0685. The second kappa shape index (κ2) is 9.41. The smallest absolute Gasteiger partial charge is 0.271 e. The lowest BCUT2D eigenvalue weighted by molar-refractivity contribution is -0.123. The number of carbonyl (C=O) groups is 1. The number of methoxy groups -OCH3 is 1. The topological polar surface area (TPSA) is 82.5 Å². The molecule has 156 valence electrons. The summed E-state index contributed by atoms with van der Waals surface area (Å²) in [6, 6.07) is 12.8. The van der Waals surface area contributed by atoms with E-state index in [-0.39, 0.29) is 5.88 Å². The van der Waals surface area contributed by atoms with Crippen molar-refractivity contribution in [1.29, 1.82) is 0 Å². The molecule has 0 fully saturated rings. The number of benzene rings is 2. The Morgan fingerprint density at radius 1 is 1.20 bits per heavy atom. The Bertz CT molecular complexity index is 1100. The Hall–Kier alpha value is -3.39. The number of halogens is 2. The van der Waals surface area contributed by atoms with Crippen LogP contribution in [-0.4, -0.2) is 28.9 Å². The summed E-state index contributed by atoms with van der Waals surface area (Å²) in [5.74, 6) is -0.345. The van der Waals surface area contributed by atoms with E-state index in [2.05, 4.69) is 10.4 Å². The lowest BCUT2D eigenvalue weighted by atomic mass is 10.2. The first kappa shape index (κ1) is 21.3. The van der Waals surface area contributed by atoms with Crippen LogP contribution < -0.4 is 20.3 Å². The second-order valence-electron chi connectivity index (χ2n) is 6.25. The van der Waals surface area contributed by atoms with Gasteiger partial charge in [-0.1, -0.05) is 18.5 Å². The van der Waals surface area contributed by atoms with Crippen LogP contribution in [0.15, 0.2) is 59.4 Å². The average molecular weight is 432 g/mol. The van der Waals surface area contributed by atoms with Crippen LogP contribution in [0.1, 0.15) is 13.3 Å². The van der Waals surface area contributed by atoms with Gasteiger partial charge in [-0.05, 0) is 48.9 Å². The fourth-order valence-corrected chi connectivity index (χ4v) is 2.86. The van der Waals surface area contributed by atoms with Gasteiger partial charge in [0, 0.05) is 17.2 Å². The van der Waals surface area contributed by atoms with Gasteiger partial charge < -0.3 is 14.8 Å². The van der Waals surface area contributed by atoms with E-state index in [1.54, 1.807) is 25.1 Å². The van der Waals surface area contributed by atoms with Gasteiger partial charge in [-0.2, -0.15) is 4.68 Å². The summed E-state index contributed by atoms with van der Waals surface area (Å²) in [4.78, 5) is 24.8. The van der Waals surface area contributed by atoms with Crippen LogP contribution in [-0.2, 0) is 4.79 Å². The van der Waals surface area contributed by atoms with Crippen molar-refractivity contribution in [1.82, 2.24) is 9.78 Å². The Morgan fingerprint density at radius 3 is 2.60 bits per heavy atom. The quantitative estimate of drug-likeness (QED) is 0.614. The zero-order chi connectivity index (χ0) is 21.7. The highest BCUT2D eigenvalue weighted by atomic mass is 35.5. The molecule has 0 spiro atoms. The molecule has 1 aromatic heterocycles. The summed E-state index contributed by atoms with van der Waals surface area (Å²) in [5, 5.41) is 7.30. The lowest BCUT2D eigenvalue weighted by Crippen LogP contribution is -2.33. The van der Waals surface area contributed by atoms with Gasteiger partial charge in [0.15, 0.2) is 6.10 Å². The van der Waals surface area contributed by atoms with Crippen molar-refractivity contribution < 1.29 is 18.7 Å². The maximum absolute atomic E-state index is 13.2. The first-order valence-electron chi connectivity index (χ1n) is 9.08. The van der Waals surface area contributed by atoms with E-state index < -0.39 is 23.4 Å². The van der Waals surface area contributed by atoms with Gasteiger partial charge in [-0.3, -0.25) is 9.59 Å². The monoisotopic (exact) mass is 431 g/mol. The van der Waals surface area contributed by atoms with E-state index >= 15 is 0 Å². The minimum Gasteiger partial charge on any atom is -0.495 e. The van der Waals surface area contributed by atoms with Gasteiger partial charge in [-0.15, -0.1) is 5.10 Å². The Kier molecular flexibility index (Phi) is 6.68. The highest BCUT2D eigenvalue weighted by Gasteiger charge is 2.21. The van der Waals surface area contributed by atoms with E-state index in [9.17, 15) is 14.0 Å². The van der Waals surface area contributed by atoms with Gasteiger partial charge in [0.05, 0.1) is 18.5 Å². The third-order valence-corrected chi connectivity index (χ3v) is 4.43. The van der Waals surface area contributed by atoms with E-state index in [1.165, 1.54) is 43.5 Å². The summed E-state index contributed by atoms with van der Waals surface area (Å²) in [6.45, 7) is 1.77. The Labute approximate surface area is 177 Å². The SMILES string of the molecule is CCC(Oc1ccc(=O)n(-c2ccc(F)cc2)n1)C(=O)Nc1cc(Cl)ccc1OC. The van der Waals surface area contributed by atoms with Gasteiger partial charge in [0.1, 0.15) is 11.6 Å². The molecule has 1 heterocycles. The highest BCUT2D eigenvalue weighted by molar-refractivity contribution is 6.31. The van der Waals surface area contributed by atoms with Crippen molar-refractivity contribution in [2.45, 2.75) is 19.4 Å². The number of ether oxygens (including phenoxy) is 2. The van der Waals surface area contributed by atoms with Gasteiger partial charge >= 0.3 is 0 Å². The summed E-state index contributed by atoms with van der Waals surface area (Å²) < 4.78 is 25.2. The molecular formula is C21H19ClFN3O4. The molecule has 1 N–H and O–H groups in total. The molecule has 3 rings (SSSR count). The predicted molar refractivity (Wildman–Crippen MR) is 111 cm³/mol. The van der Waals surface area contributed by atoms with Crippen LogP contribution >= 0.6 is 11.6 Å². The normalized spacial score (nSPS) is 11.6. The molecule has 0 aliphatic heterocycles. The fourth-order valence-electron chi connectivity index (χ4n) is 2.68. The van der Waals surface area contributed by atoms with Crippen LogP contribution in [0.4, 0.5) is 10.1 Å². The summed E-state index contributed by atoms with van der Waals surface area (Å²) in [5.41, 5.74) is 0.351. The molecule has 3 aromatic rings. The summed E-state index contributed by atoms with van der Waals surface area (Å²) in [7, 11) is 1.48. The zero-order valence-electron chi connectivity index (χ0n) is 16.3. The highest BCUT2D eigenvalue weighted by Crippen LogP contribution is 2.28. The first-order chi connectivity index (χ1) is 14.4. The van der Waals surface area contributed by atoms with Crippen LogP contribution in [0.2, 0.25) is 5.02 Å². The molecule has 0 bridgehead atoms. The largest absolute Gasteiger partial charge is 0.495 e. The molecule has 9 heteroatoms. The number of amides is 1. The molecule has 0 aliphatic rings. The summed E-state index contributed by atoms with van der Waals surface area (Å²) in [6.07, 6.45) is -0.549. The van der Waals surface area contributed by atoms with Crippen LogP contribution in [0, 0.1) is 5.82 Å². The standard InChI is InChI=1S/C21H19ClFN3O4/c1-3-17(21(28)24-16-12-13(22)4-9-18(16)29-2)30-19-10-11-20(27)26(25-19)15-7-5-14(23)6-8-15/h4-12,17H,3H2,1-2H3,(H,24,28). The molecule has 1 unspecified atom stereocenters. The molecular weight excluding hydrogens is 413 g/mol. The molecule has 0 saturated heterocycles.